The minimum atomic E-state index is -1.12. The van der Waals surface area contributed by atoms with Crippen LogP contribution in [0.2, 0.25) is 0 Å². The third kappa shape index (κ3) is 2.09. The average molecular weight is 275 g/mol. The summed E-state index contributed by atoms with van der Waals surface area (Å²) in [6, 6.07) is 1.86. The Morgan fingerprint density at radius 2 is 2.40 bits per heavy atom. The Kier molecular flexibility index (Phi) is 3.06. The molecule has 0 radical (unpaired) electrons. The molecule has 0 spiro atoms. The van der Waals surface area contributed by atoms with Gasteiger partial charge in [-0.05, 0) is 31.4 Å². The standard InChI is InChI=1S/C13H17N5O2/c1-9-3-5-14-11(9)12(19)18-6-2-4-13(20,8-18)10-7-15-17-16-10/h3,5,7,14,20H,2,4,6,8H2,1H3,(H,15,16,17)/t13-/m1/s1. The molecule has 3 heterocycles. The van der Waals surface area contributed by atoms with Crippen molar-refractivity contribution in [1.82, 2.24) is 25.3 Å². The van der Waals surface area contributed by atoms with Gasteiger partial charge in [0.25, 0.3) is 5.91 Å². The Hall–Kier alpha value is -2.15. The monoisotopic (exact) mass is 275 g/mol. The number of carbonyl (C=O) groups excluding carboxylic acids is 1. The van der Waals surface area contributed by atoms with Gasteiger partial charge in [-0.3, -0.25) is 4.79 Å². The van der Waals surface area contributed by atoms with Crippen molar-refractivity contribution in [3.8, 4) is 0 Å². The molecule has 7 heteroatoms. The zero-order chi connectivity index (χ0) is 14.2. The van der Waals surface area contributed by atoms with E-state index in [0.717, 1.165) is 12.0 Å². The minimum absolute atomic E-state index is 0.0888. The number of amides is 1. The maximum Gasteiger partial charge on any atom is 0.270 e. The van der Waals surface area contributed by atoms with E-state index >= 15 is 0 Å². The summed E-state index contributed by atoms with van der Waals surface area (Å²) in [6.45, 7) is 2.76. The molecule has 7 nitrogen and oxygen atoms in total. The van der Waals surface area contributed by atoms with Gasteiger partial charge in [-0.2, -0.15) is 15.4 Å². The lowest BCUT2D eigenvalue weighted by atomic mass is 9.90. The number of nitrogens with zero attached hydrogens (tertiary/aromatic N) is 3. The second-order valence-electron chi connectivity index (χ2n) is 5.25. The van der Waals surface area contributed by atoms with Gasteiger partial charge < -0.3 is 15.0 Å². The first-order valence-electron chi connectivity index (χ1n) is 6.62. The largest absolute Gasteiger partial charge is 0.382 e. The van der Waals surface area contributed by atoms with Crippen LogP contribution in [0.5, 0.6) is 0 Å². The number of aliphatic hydroxyl groups is 1. The molecule has 0 saturated carbocycles. The molecule has 0 unspecified atom stereocenters. The van der Waals surface area contributed by atoms with Crippen molar-refractivity contribution in [2.24, 2.45) is 0 Å². The molecule has 3 rings (SSSR count). The van der Waals surface area contributed by atoms with Gasteiger partial charge >= 0.3 is 0 Å². The molecular weight excluding hydrogens is 258 g/mol. The maximum absolute atomic E-state index is 12.5. The number of likely N-dealkylation sites (tertiary alicyclic amines) is 1. The number of aromatic nitrogens is 4. The highest BCUT2D eigenvalue weighted by molar-refractivity contribution is 5.94. The number of aromatic amines is 2. The molecular formula is C13H17N5O2. The lowest BCUT2D eigenvalue weighted by molar-refractivity contribution is -0.0321. The molecule has 2 aromatic heterocycles. The number of aryl methyl sites for hydroxylation is 1. The van der Waals surface area contributed by atoms with E-state index in [0.29, 0.717) is 24.4 Å². The van der Waals surface area contributed by atoms with Gasteiger partial charge in [0.2, 0.25) is 0 Å². The zero-order valence-electron chi connectivity index (χ0n) is 11.3. The van der Waals surface area contributed by atoms with Crippen molar-refractivity contribution in [3.05, 3.63) is 35.4 Å². The maximum atomic E-state index is 12.5. The van der Waals surface area contributed by atoms with Crippen LogP contribution in [0.4, 0.5) is 0 Å². The van der Waals surface area contributed by atoms with Crippen LogP contribution in [-0.4, -0.2) is 49.4 Å². The first kappa shape index (κ1) is 12.9. The van der Waals surface area contributed by atoms with Crippen molar-refractivity contribution in [2.45, 2.75) is 25.4 Å². The molecule has 20 heavy (non-hydrogen) atoms. The molecule has 0 bridgehead atoms. The molecule has 3 N–H and O–H groups in total. The number of β-amino-alcohol motifs (C(OH)–C–C–N with tert-alkyl or cyclic N) is 1. The third-order valence-electron chi connectivity index (χ3n) is 3.82. The van der Waals surface area contributed by atoms with E-state index in [2.05, 4.69) is 20.4 Å². The molecule has 1 amide bonds. The van der Waals surface area contributed by atoms with Crippen LogP contribution >= 0.6 is 0 Å². The number of hydrogen-bond donors (Lipinski definition) is 3. The van der Waals surface area contributed by atoms with Crippen molar-refractivity contribution in [1.29, 1.82) is 0 Å². The number of carbonyl (C=O) groups is 1. The van der Waals surface area contributed by atoms with Gasteiger partial charge in [-0.15, -0.1) is 0 Å². The summed E-state index contributed by atoms with van der Waals surface area (Å²) in [6.07, 6.45) is 4.56. The van der Waals surface area contributed by atoms with Gasteiger partial charge in [-0.1, -0.05) is 0 Å². The van der Waals surface area contributed by atoms with Crippen LogP contribution in [-0.2, 0) is 5.60 Å². The van der Waals surface area contributed by atoms with Crippen LogP contribution in [0.25, 0.3) is 0 Å². The van der Waals surface area contributed by atoms with Crippen LogP contribution in [0, 0.1) is 6.92 Å². The molecule has 106 valence electrons. The summed E-state index contributed by atoms with van der Waals surface area (Å²) in [5, 5.41) is 20.9. The second kappa shape index (κ2) is 4.75. The van der Waals surface area contributed by atoms with Crippen LogP contribution in [0.1, 0.15) is 34.6 Å². The highest BCUT2D eigenvalue weighted by Gasteiger charge is 2.39. The van der Waals surface area contributed by atoms with E-state index in [-0.39, 0.29) is 12.5 Å². The van der Waals surface area contributed by atoms with Crippen molar-refractivity contribution < 1.29 is 9.90 Å². The summed E-state index contributed by atoms with van der Waals surface area (Å²) >= 11 is 0. The van der Waals surface area contributed by atoms with Crippen molar-refractivity contribution in [3.63, 3.8) is 0 Å². The third-order valence-corrected chi connectivity index (χ3v) is 3.82. The van der Waals surface area contributed by atoms with Gasteiger partial charge in [-0.25, -0.2) is 0 Å². The summed E-state index contributed by atoms with van der Waals surface area (Å²) in [4.78, 5) is 17.1. The van der Waals surface area contributed by atoms with E-state index in [1.54, 1.807) is 11.1 Å². The molecule has 0 aromatic carbocycles. The molecule has 1 aliphatic rings. The predicted molar refractivity (Wildman–Crippen MR) is 70.9 cm³/mol. The van der Waals surface area contributed by atoms with Crippen LogP contribution < -0.4 is 0 Å². The summed E-state index contributed by atoms with van der Waals surface area (Å²) in [5.41, 5.74) is 0.847. The van der Waals surface area contributed by atoms with E-state index in [4.69, 9.17) is 0 Å². The van der Waals surface area contributed by atoms with Crippen molar-refractivity contribution in [2.75, 3.05) is 13.1 Å². The average Bonchev–Trinajstić information content (AvgIpc) is 3.09. The highest BCUT2D eigenvalue weighted by Crippen LogP contribution is 2.30. The van der Waals surface area contributed by atoms with Gasteiger partial charge in [0.15, 0.2) is 0 Å². The second-order valence-corrected chi connectivity index (χ2v) is 5.25. The molecule has 1 fully saturated rings. The smallest absolute Gasteiger partial charge is 0.270 e. The molecule has 1 atom stereocenters. The van der Waals surface area contributed by atoms with Crippen LogP contribution in [0.3, 0.4) is 0 Å². The minimum Gasteiger partial charge on any atom is -0.382 e. The number of piperidine rings is 1. The Balaban J connectivity index is 1.82. The lowest BCUT2D eigenvalue weighted by Gasteiger charge is -2.37. The fraction of sp³-hybridized carbons (Fsp3) is 0.462. The summed E-state index contributed by atoms with van der Waals surface area (Å²) < 4.78 is 0. The normalized spacial score (nSPS) is 23.0. The van der Waals surface area contributed by atoms with E-state index in [1.807, 2.05) is 13.0 Å². The Morgan fingerprint density at radius 1 is 1.55 bits per heavy atom. The number of rotatable bonds is 2. The SMILES string of the molecule is Cc1cc[nH]c1C(=O)N1CCC[C@](O)(c2cn[nH]n2)C1. The molecule has 0 aliphatic carbocycles. The van der Waals surface area contributed by atoms with Gasteiger partial charge in [0.05, 0.1) is 12.7 Å². The quantitative estimate of drug-likeness (QED) is 0.746. The van der Waals surface area contributed by atoms with E-state index in [1.165, 1.54) is 6.20 Å². The summed E-state index contributed by atoms with van der Waals surface area (Å²) in [5.74, 6) is -0.0888. The first-order chi connectivity index (χ1) is 9.60. The Morgan fingerprint density at radius 3 is 3.05 bits per heavy atom. The van der Waals surface area contributed by atoms with Gasteiger partial charge in [0, 0.05) is 12.7 Å². The van der Waals surface area contributed by atoms with E-state index in [9.17, 15) is 9.90 Å². The molecule has 1 aliphatic heterocycles. The lowest BCUT2D eigenvalue weighted by Crippen LogP contribution is -2.49. The number of hydrogen-bond acceptors (Lipinski definition) is 4. The van der Waals surface area contributed by atoms with E-state index < -0.39 is 5.60 Å². The fourth-order valence-electron chi connectivity index (χ4n) is 2.68. The van der Waals surface area contributed by atoms with Gasteiger partial charge in [0.1, 0.15) is 17.0 Å². The van der Waals surface area contributed by atoms with Crippen molar-refractivity contribution >= 4 is 5.91 Å². The molecule has 2 aromatic rings. The number of nitrogens with one attached hydrogen (secondary N) is 2. The Labute approximate surface area is 116 Å². The summed E-state index contributed by atoms with van der Waals surface area (Å²) in [7, 11) is 0. The first-order valence-corrected chi connectivity index (χ1v) is 6.62. The zero-order valence-corrected chi connectivity index (χ0v) is 11.3. The molecule has 1 saturated heterocycles. The van der Waals surface area contributed by atoms with Crippen LogP contribution in [0.15, 0.2) is 18.5 Å². The predicted octanol–water partition coefficient (Wildman–Crippen LogP) is 0.565. The fourth-order valence-corrected chi connectivity index (χ4v) is 2.68. The highest BCUT2D eigenvalue weighted by atomic mass is 16.3. The topological polar surface area (TPSA) is 97.9 Å². The number of H-pyrrole nitrogens is 2. The Bertz CT molecular complexity index is 606.